The lowest BCUT2D eigenvalue weighted by Gasteiger charge is -2.17. The molecule has 0 saturated carbocycles. The van der Waals surface area contributed by atoms with Crippen LogP contribution < -0.4 is 5.32 Å². The Hall–Kier alpha value is -1.26. The van der Waals surface area contributed by atoms with Crippen molar-refractivity contribution in [1.29, 1.82) is 0 Å². The van der Waals surface area contributed by atoms with Gasteiger partial charge in [-0.1, -0.05) is 28.1 Å². The van der Waals surface area contributed by atoms with Crippen molar-refractivity contribution in [2.24, 2.45) is 5.92 Å². The Kier molecular flexibility index (Phi) is 5.88. The molecule has 1 unspecified atom stereocenters. The van der Waals surface area contributed by atoms with E-state index >= 15 is 0 Å². The van der Waals surface area contributed by atoms with Crippen LogP contribution in [0.2, 0.25) is 0 Å². The highest BCUT2D eigenvalue weighted by atomic mass is 79.9. The van der Waals surface area contributed by atoms with Crippen molar-refractivity contribution >= 4 is 15.9 Å². The van der Waals surface area contributed by atoms with Gasteiger partial charge in [0.15, 0.2) is 0 Å². The van der Waals surface area contributed by atoms with E-state index in [1.807, 2.05) is 19.2 Å². The predicted molar refractivity (Wildman–Crippen MR) is 85.3 cm³/mol. The normalized spacial score (nSPS) is 12.4. The highest BCUT2D eigenvalue weighted by Gasteiger charge is 2.12. The standard InChI is InChI=1S/C17H18BrF2N/c1-21-11-14(5-12-3-2-4-15(18)7-12)6-13-8-16(19)10-17(20)9-13/h2-4,7-10,14,21H,5-6,11H2,1H3. The molecule has 0 amide bonds. The number of hydrogen-bond acceptors (Lipinski definition) is 1. The zero-order valence-electron chi connectivity index (χ0n) is 11.9. The van der Waals surface area contributed by atoms with Crippen LogP contribution in [0.1, 0.15) is 11.1 Å². The first-order chi connectivity index (χ1) is 10.1. The van der Waals surface area contributed by atoms with E-state index < -0.39 is 11.6 Å². The van der Waals surface area contributed by atoms with Gasteiger partial charge in [0.05, 0.1) is 0 Å². The van der Waals surface area contributed by atoms with E-state index in [1.54, 1.807) is 0 Å². The Morgan fingerprint density at radius 3 is 2.29 bits per heavy atom. The molecule has 0 aliphatic rings. The Morgan fingerprint density at radius 2 is 1.67 bits per heavy atom. The van der Waals surface area contributed by atoms with Gasteiger partial charge < -0.3 is 5.32 Å². The SMILES string of the molecule is CNCC(Cc1cc(F)cc(F)c1)Cc1cccc(Br)c1. The average Bonchev–Trinajstić information content (AvgIpc) is 2.37. The molecule has 1 atom stereocenters. The molecule has 0 spiro atoms. The average molecular weight is 354 g/mol. The summed E-state index contributed by atoms with van der Waals surface area (Å²) in [6, 6.07) is 11.9. The maximum absolute atomic E-state index is 13.3. The van der Waals surface area contributed by atoms with E-state index in [9.17, 15) is 8.78 Å². The van der Waals surface area contributed by atoms with Crippen LogP contribution in [0, 0.1) is 17.6 Å². The second kappa shape index (κ2) is 7.66. The van der Waals surface area contributed by atoms with E-state index in [1.165, 1.54) is 17.7 Å². The van der Waals surface area contributed by atoms with Gasteiger partial charge in [0.1, 0.15) is 11.6 Å². The second-order valence-electron chi connectivity index (χ2n) is 5.24. The van der Waals surface area contributed by atoms with E-state index in [-0.39, 0.29) is 5.92 Å². The van der Waals surface area contributed by atoms with Crippen LogP contribution in [0.5, 0.6) is 0 Å². The molecule has 0 bridgehead atoms. The highest BCUT2D eigenvalue weighted by Crippen LogP contribution is 2.19. The molecule has 1 nitrogen and oxygen atoms in total. The van der Waals surface area contributed by atoms with Crippen LogP contribution in [0.3, 0.4) is 0 Å². The molecule has 0 saturated heterocycles. The molecule has 4 heteroatoms. The first kappa shape index (κ1) is 16.1. The summed E-state index contributed by atoms with van der Waals surface area (Å²) in [6.07, 6.45) is 1.50. The van der Waals surface area contributed by atoms with Gasteiger partial charge >= 0.3 is 0 Å². The zero-order chi connectivity index (χ0) is 15.2. The summed E-state index contributed by atoms with van der Waals surface area (Å²) < 4.78 is 27.6. The lowest BCUT2D eigenvalue weighted by Crippen LogP contribution is -2.23. The van der Waals surface area contributed by atoms with Crippen molar-refractivity contribution < 1.29 is 8.78 Å². The molecule has 0 fully saturated rings. The van der Waals surface area contributed by atoms with Crippen molar-refractivity contribution in [3.05, 3.63) is 69.7 Å². The third-order valence-corrected chi connectivity index (χ3v) is 3.85. The van der Waals surface area contributed by atoms with Gasteiger partial charge in [-0.3, -0.25) is 0 Å². The Bertz CT molecular complexity index is 581. The molecule has 2 aromatic carbocycles. The summed E-state index contributed by atoms with van der Waals surface area (Å²) >= 11 is 3.46. The summed E-state index contributed by atoms with van der Waals surface area (Å²) in [5, 5.41) is 3.15. The molecule has 21 heavy (non-hydrogen) atoms. The Morgan fingerprint density at radius 1 is 1.00 bits per heavy atom. The van der Waals surface area contributed by atoms with Crippen molar-refractivity contribution in [3.8, 4) is 0 Å². The molecule has 0 radical (unpaired) electrons. The molecule has 0 aliphatic carbocycles. The van der Waals surface area contributed by atoms with Crippen molar-refractivity contribution in [2.45, 2.75) is 12.8 Å². The fourth-order valence-electron chi connectivity index (χ4n) is 2.56. The first-order valence-electron chi connectivity index (χ1n) is 6.91. The minimum absolute atomic E-state index is 0.283. The van der Waals surface area contributed by atoms with Gasteiger partial charge in [-0.25, -0.2) is 8.78 Å². The maximum Gasteiger partial charge on any atom is 0.126 e. The van der Waals surface area contributed by atoms with Crippen LogP contribution in [0.4, 0.5) is 8.78 Å². The van der Waals surface area contributed by atoms with Crippen molar-refractivity contribution in [1.82, 2.24) is 5.32 Å². The third kappa shape index (κ3) is 5.21. The van der Waals surface area contributed by atoms with Crippen LogP contribution in [0.15, 0.2) is 46.9 Å². The van der Waals surface area contributed by atoms with Crippen LogP contribution in [0.25, 0.3) is 0 Å². The molecule has 0 heterocycles. The number of hydrogen-bond donors (Lipinski definition) is 1. The molecule has 1 N–H and O–H groups in total. The smallest absolute Gasteiger partial charge is 0.126 e. The predicted octanol–water partition coefficient (Wildman–Crippen LogP) is 4.35. The number of benzene rings is 2. The minimum Gasteiger partial charge on any atom is -0.319 e. The summed E-state index contributed by atoms with van der Waals surface area (Å²) in [6.45, 7) is 0.796. The van der Waals surface area contributed by atoms with Gasteiger partial charge in [0.25, 0.3) is 0 Å². The Labute approximate surface area is 132 Å². The van der Waals surface area contributed by atoms with Gasteiger partial charge in [-0.15, -0.1) is 0 Å². The third-order valence-electron chi connectivity index (χ3n) is 3.35. The van der Waals surface area contributed by atoms with E-state index in [0.29, 0.717) is 12.0 Å². The topological polar surface area (TPSA) is 12.0 Å². The minimum atomic E-state index is -0.518. The van der Waals surface area contributed by atoms with Crippen LogP contribution in [-0.4, -0.2) is 13.6 Å². The van der Waals surface area contributed by atoms with Gasteiger partial charge in [0.2, 0.25) is 0 Å². The van der Waals surface area contributed by atoms with E-state index in [2.05, 4.69) is 33.4 Å². The summed E-state index contributed by atoms with van der Waals surface area (Å²) in [4.78, 5) is 0. The van der Waals surface area contributed by atoms with Gasteiger partial charge in [-0.05, 0) is 67.7 Å². The molecule has 2 aromatic rings. The molecule has 0 aromatic heterocycles. The molecular weight excluding hydrogens is 336 g/mol. The molecule has 2 rings (SSSR count). The number of nitrogens with one attached hydrogen (secondary N) is 1. The van der Waals surface area contributed by atoms with Crippen molar-refractivity contribution in [2.75, 3.05) is 13.6 Å². The Balaban J connectivity index is 2.11. The lowest BCUT2D eigenvalue weighted by molar-refractivity contribution is 0.489. The molecule has 112 valence electrons. The number of rotatable bonds is 6. The van der Waals surface area contributed by atoms with Crippen LogP contribution >= 0.6 is 15.9 Å². The number of halogens is 3. The maximum atomic E-state index is 13.3. The van der Waals surface area contributed by atoms with Crippen molar-refractivity contribution in [3.63, 3.8) is 0 Å². The monoisotopic (exact) mass is 353 g/mol. The quantitative estimate of drug-likeness (QED) is 0.813. The van der Waals surface area contributed by atoms with Gasteiger partial charge in [0, 0.05) is 10.5 Å². The summed E-state index contributed by atoms with van der Waals surface area (Å²) in [5.74, 6) is -0.753. The zero-order valence-corrected chi connectivity index (χ0v) is 13.5. The summed E-state index contributed by atoms with van der Waals surface area (Å²) in [5.41, 5.74) is 1.91. The molecular formula is C17H18BrF2N. The second-order valence-corrected chi connectivity index (χ2v) is 6.16. The largest absolute Gasteiger partial charge is 0.319 e. The fourth-order valence-corrected chi connectivity index (χ4v) is 3.01. The fraction of sp³-hybridized carbons (Fsp3) is 0.294. The lowest BCUT2D eigenvalue weighted by atomic mass is 9.92. The van der Waals surface area contributed by atoms with E-state index in [0.717, 1.165) is 23.5 Å². The van der Waals surface area contributed by atoms with Gasteiger partial charge in [-0.2, -0.15) is 0 Å². The van der Waals surface area contributed by atoms with Crippen LogP contribution in [-0.2, 0) is 12.8 Å². The first-order valence-corrected chi connectivity index (χ1v) is 7.70. The van der Waals surface area contributed by atoms with E-state index in [4.69, 9.17) is 0 Å². The summed E-state index contributed by atoms with van der Waals surface area (Å²) in [7, 11) is 1.89. The highest BCUT2D eigenvalue weighted by molar-refractivity contribution is 9.10. The molecule has 0 aliphatic heterocycles.